The summed E-state index contributed by atoms with van der Waals surface area (Å²) < 4.78 is 15.5. The van der Waals surface area contributed by atoms with E-state index in [2.05, 4.69) is 13.8 Å². The third-order valence-corrected chi connectivity index (χ3v) is 2.33. The van der Waals surface area contributed by atoms with Crippen molar-refractivity contribution in [2.75, 3.05) is 13.3 Å². The summed E-state index contributed by atoms with van der Waals surface area (Å²) in [6.07, 6.45) is 1.99. The quantitative estimate of drug-likeness (QED) is 0.660. The van der Waals surface area contributed by atoms with E-state index in [9.17, 15) is 4.57 Å². The van der Waals surface area contributed by atoms with Gasteiger partial charge < -0.3 is 9.42 Å². The van der Waals surface area contributed by atoms with Gasteiger partial charge in [0.2, 0.25) is 0 Å². The Bertz CT molecular complexity index is 137. The van der Waals surface area contributed by atoms with Gasteiger partial charge in [0.15, 0.2) is 0 Å². The largest absolute Gasteiger partial charge is 0.325 e. The fourth-order valence-electron chi connectivity index (χ4n) is 0.768. The average molecular weight is 180 g/mol. The van der Waals surface area contributed by atoms with Gasteiger partial charge in [-0.1, -0.05) is 26.7 Å². The van der Waals surface area contributed by atoms with Gasteiger partial charge in [-0.05, 0) is 5.92 Å². The Hall–Kier alpha value is 0.150. The molecule has 4 heteroatoms. The van der Waals surface area contributed by atoms with Gasteiger partial charge in [-0.2, -0.15) is 0 Å². The summed E-state index contributed by atoms with van der Waals surface area (Å²) in [5, 5.41) is 0. The highest BCUT2D eigenvalue weighted by Crippen LogP contribution is 2.37. The molecular formula is C7H17O3P. The van der Waals surface area contributed by atoms with E-state index in [1.165, 1.54) is 6.66 Å². The zero-order valence-corrected chi connectivity index (χ0v) is 8.30. The Morgan fingerprint density at radius 3 is 2.18 bits per heavy atom. The average Bonchev–Trinajstić information content (AvgIpc) is 1.88. The number of hydrogen-bond acceptors (Lipinski definition) is 2. The Labute approximate surface area is 68.3 Å². The lowest BCUT2D eigenvalue weighted by atomic mass is 10.1. The molecule has 1 N–H and O–H groups in total. The molecule has 0 saturated carbocycles. The summed E-state index contributed by atoms with van der Waals surface area (Å²) in [6.45, 7) is 5.72. The zero-order valence-electron chi connectivity index (χ0n) is 7.41. The van der Waals surface area contributed by atoms with Crippen molar-refractivity contribution in [3.63, 3.8) is 0 Å². The van der Waals surface area contributed by atoms with Crippen LogP contribution in [0, 0.1) is 5.92 Å². The molecule has 0 aliphatic rings. The van der Waals surface area contributed by atoms with Crippen LogP contribution in [0.3, 0.4) is 0 Å². The monoisotopic (exact) mass is 180 g/mol. The maximum absolute atomic E-state index is 10.7. The SMILES string of the molecule is CCC(CC)COP(C)(=O)O. The fourth-order valence-corrected chi connectivity index (χ4v) is 1.26. The first-order valence-electron chi connectivity index (χ1n) is 3.94. The summed E-state index contributed by atoms with van der Waals surface area (Å²) >= 11 is 0. The Kier molecular flexibility index (Phi) is 4.98. The molecule has 0 fully saturated rings. The van der Waals surface area contributed by atoms with Gasteiger partial charge in [-0.25, -0.2) is 0 Å². The molecule has 68 valence electrons. The van der Waals surface area contributed by atoms with Crippen molar-refractivity contribution >= 4 is 7.60 Å². The Balaban J connectivity index is 3.59. The predicted molar refractivity (Wildman–Crippen MR) is 45.8 cm³/mol. The summed E-state index contributed by atoms with van der Waals surface area (Å²) in [7, 11) is -3.25. The van der Waals surface area contributed by atoms with E-state index in [0.29, 0.717) is 12.5 Å². The molecule has 0 saturated heterocycles. The van der Waals surface area contributed by atoms with Crippen molar-refractivity contribution in [2.24, 2.45) is 5.92 Å². The second-order valence-electron chi connectivity index (χ2n) is 2.78. The highest BCUT2D eigenvalue weighted by Gasteiger charge is 2.12. The second-order valence-corrected chi connectivity index (χ2v) is 4.65. The molecule has 0 heterocycles. The molecular weight excluding hydrogens is 163 g/mol. The van der Waals surface area contributed by atoms with Crippen molar-refractivity contribution in [2.45, 2.75) is 26.7 Å². The molecule has 0 aliphatic carbocycles. The van der Waals surface area contributed by atoms with Gasteiger partial charge in [0.25, 0.3) is 0 Å². The van der Waals surface area contributed by atoms with Crippen LogP contribution in [0.4, 0.5) is 0 Å². The molecule has 0 aromatic rings. The predicted octanol–water partition coefficient (Wildman–Crippen LogP) is 2.25. The van der Waals surface area contributed by atoms with Crippen LogP contribution in [0.2, 0.25) is 0 Å². The van der Waals surface area contributed by atoms with Crippen LogP contribution < -0.4 is 0 Å². The molecule has 0 aromatic heterocycles. The minimum atomic E-state index is -3.25. The summed E-state index contributed by atoms with van der Waals surface area (Å²) in [5.74, 6) is 0.412. The lowest BCUT2D eigenvalue weighted by Crippen LogP contribution is -2.05. The van der Waals surface area contributed by atoms with Gasteiger partial charge in [0.05, 0.1) is 6.61 Å². The molecule has 1 unspecified atom stereocenters. The lowest BCUT2D eigenvalue weighted by molar-refractivity contribution is 0.212. The smallest absolute Gasteiger partial charge is 0.324 e. The van der Waals surface area contributed by atoms with Crippen molar-refractivity contribution < 1.29 is 14.0 Å². The first kappa shape index (κ1) is 11.2. The van der Waals surface area contributed by atoms with E-state index in [-0.39, 0.29) is 0 Å². The maximum atomic E-state index is 10.7. The van der Waals surface area contributed by atoms with Gasteiger partial charge in [-0.15, -0.1) is 0 Å². The van der Waals surface area contributed by atoms with Crippen LogP contribution in [0.25, 0.3) is 0 Å². The van der Waals surface area contributed by atoms with Crippen molar-refractivity contribution in [3.05, 3.63) is 0 Å². The fraction of sp³-hybridized carbons (Fsp3) is 1.00. The van der Waals surface area contributed by atoms with Crippen molar-refractivity contribution in [1.29, 1.82) is 0 Å². The van der Waals surface area contributed by atoms with Crippen LogP contribution in [0.15, 0.2) is 0 Å². The van der Waals surface area contributed by atoms with Crippen LogP contribution in [0.5, 0.6) is 0 Å². The van der Waals surface area contributed by atoms with E-state index in [1.807, 2.05) is 0 Å². The molecule has 11 heavy (non-hydrogen) atoms. The van der Waals surface area contributed by atoms with Gasteiger partial charge in [0, 0.05) is 6.66 Å². The molecule has 0 aromatic carbocycles. The Morgan fingerprint density at radius 2 is 1.91 bits per heavy atom. The topological polar surface area (TPSA) is 46.5 Å². The maximum Gasteiger partial charge on any atom is 0.325 e. The number of hydrogen-bond donors (Lipinski definition) is 1. The molecule has 3 nitrogen and oxygen atoms in total. The molecule has 0 amide bonds. The van der Waals surface area contributed by atoms with Crippen LogP contribution >= 0.6 is 7.60 Å². The minimum absolute atomic E-state index is 0.400. The van der Waals surface area contributed by atoms with Crippen molar-refractivity contribution in [3.8, 4) is 0 Å². The summed E-state index contributed by atoms with van der Waals surface area (Å²) in [5.41, 5.74) is 0. The van der Waals surface area contributed by atoms with E-state index in [4.69, 9.17) is 9.42 Å². The zero-order chi connectivity index (χ0) is 8.91. The normalized spacial score (nSPS) is 16.8. The van der Waals surface area contributed by atoms with E-state index in [0.717, 1.165) is 12.8 Å². The highest BCUT2D eigenvalue weighted by atomic mass is 31.2. The number of rotatable bonds is 5. The standard InChI is InChI=1S/C7H17O3P/c1-4-7(5-2)6-10-11(3,8)9/h7H,4-6H2,1-3H3,(H,8,9). The Morgan fingerprint density at radius 1 is 1.45 bits per heavy atom. The second kappa shape index (κ2) is 4.91. The summed E-state index contributed by atoms with van der Waals surface area (Å²) in [4.78, 5) is 8.79. The lowest BCUT2D eigenvalue weighted by Gasteiger charge is -2.13. The molecule has 0 rings (SSSR count). The minimum Gasteiger partial charge on any atom is -0.324 e. The van der Waals surface area contributed by atoms with E-state index < -0.39 is 7.60 Å². The van der Waals surface area contributed by atoms with Crippen molar-refractivity contribution in [1.82, 2.24) is 0 Å². The van der Waals surface area contributed by atoms with Gasteiger partial charge in [0.1, 0.15) is 0 Å². The first-order chi connectivity index (χ1) is 4.99. The van der Waals surface area contributed by atoms with Crippen LogP contribution in [-0.4, -0.2) is 18.2 Å². The third kappa shape index (κ3) is 6.54. The molecule has 0 aliphatic heterocycles. The van der Waals surface area contributed by atoms with E-state index in [1.54, 1.807) is 0 Å². The summed E-state index contributed by atoms with van der Waals surface area (Å²) in [6, 6.07) is 0. The van der Waals surface area contributed by atoms with Gasteiger partial charge >= 0.3 is 7.60 Å². The molecule has 0 bridgehead atoms. The first-order valence-corrected chi connectivity index (χ1v) is 5.96. The van der Waals surface area contributed by atoms with Gasteiger partial charge in [-0.3, -0.25) is 4.57 Å². The van der Waals surface area contributed by atoms with Crippen LogP contribution in [0.1, 0.15) is 26.7 Å². The molecule has 0 spiro atoms. The third-order valence-electron chi connectivity index (χ3n) is 1.70. The van der Waals surface area contributed by atoms with E-state index >= 15 is 0 Å². The molecule has 1 atom stereocenters. The van der Waals surface area contributed by atoms with Crippen LogP contribution in [-0.2, 0) is 9.09 Å². The highest BCUT2D eigenvalue weighted by molar-refractivity contribution is 7.51. The molecule has 0 radical (unpaired) electrons.